The van der Waals surface area contributed by atoms with E-state index in [1.165, 1.54) is 37.8 Å². The maximum atomic E-state index is 4.92. The van der Waals surface area contributed by atoms with Gasteiger partial charge >= 0.3 is 0 Å². The number of nitrogens with zero attached hydrogens (tertiary/aromatic N) is 3. The fraction of sp³-hybridized carbons (Fsp3) is 0.789. The molecule has 22 heavy (non-hydrogen) atoms. The monoisotopic (exact) mass is 303 g/mol. The van der Waals surface area contributed by atoms with Crippen molar-refractivity contribution in [2.24, 2.45) is 5.92 Å². The van der Waals surface area contributed by atoms with Gasteiger partial charge in [-0.05, 0) is 25.2 Å². The SMILES string of the molecule is CCCCN1CCCCC(C)(C)c2cc1nc(CC(C)C)n2. The number of hydrogen-bond donors (Lipinski definition) is 0. The second-order valence-corrected chi connectivity index (χ2v) is 7.81. The number of aromatic nitrogens is 2. The third-order valence-corrected chi connectivity index (χ3v) is 4.63. The number of fused-ring (bicyclic) bond motifs is 2. The Hall–Kier alpha value is -1.12. The highest BCUT2D eigenvalue weighted by Gasteiger charge is 2.26. The summed E-state index contributed by atoms with van der Waals surface area (Å²) in [5, 5.41) is 0. The summed E-state index contributed by atoms with van der Waals surface area (Å²) < 4.78 is 0. The van der Waals surface area contributed by atoms with E-state index in [0.29, 0.717) is 5.92 Å². The molecule has 3 heteroatoms. The van der Waals surface area contributed by atoms with Gasteiger partial charge in [-0.15, -0.1) is 0 Å². The molecule has 2 bridgehead atoms. The molecule has 0 amide bonds. The largest absolute Gasteiger partial charge is 0.357 e. The molecule has 0 fully saturated rings. The summed E-state index contributed by atoms with van der Waals surface area (Å²) in [6, 6.07) is 2.25. The third kappa shape index (κ3) is 4.44. The van der Waals surface area contributed by atoms with Crippen molar-refractivity contribution in [1.82, 2.24) is 9.97 Å². The lowest BCUT2D eigenvalue weighted by atomic mass is 9.83. The number of unbranched alkanes of at least 4 members (excludes halogenated alkanes) is 1. The van der Waals surface area contributed by atoms with Gasteiger partial charge in [0.2, 0.25) is 0 Å². The molecular weight excluding hydrogens is 270 g/mol. The van der Waals surface area contributed by atoms with Crippen LogP contribution < -0.4 is 4.90 Å². The van der Waals surface area contributed by atoms with Crippen LogP contribution in [0.4, 0.5) is 5.82 Å². The standard InChI is InChI=1S/C19H33N3/c1-6-7-11-22-12-9-8-10-19(4,5)16-14-18(22)21-17(20-16)13-15(2)3/h14-15H,6-13H2,1-5H3. The summed E-state index contributed by atoms with van der Waals surface area (Å²) in [6.45, 7) is 13.7. The lowest BCUT2D eigenvalue weighted by Gasteiger charge is -2.26. The Morgan fingerprint density at radius 3 is 2.68 bits per heavy atom. The van der Waals surface area contributed by atoms with Crippen LogP contribution in [0.25, 0.3) is 0 Å². The van der Waals surface area contributed by atoms with Gasteiger partial charge in [0.15, 0.2) is 0 Å². The molecular formula is C19H33N3. The first-order valence-electron chi connectivity index (χ1n) is 9.06. The minimum atomic E-state index is 0.157. The average Bonchev–Trinajstić information content (AvgIpc) is 2.48. The lowest BCUT2D eigenvalue weighted by molar-refractivity contribution is 0.441. The molecule has 0 saturated carbocycles. The van der Waals surface area contributed by atoms with Crippen LogP contribution in [0.3, 0.4) is 0 Å². The summed E-state index contributed by atoms with van der Waals surface area (Å²) >= 11 is 0. The predicted molar refractivity (Wildman–Crippen MR) is 94.6 cm³/mol. The predicted octanol–water partition coefficient (Wildman–Crippen LogP) is 4.74. The second-order valence-electron chi connectivity index (χ2n) is 7.81. The van der Waals surface area contributed by atoms with Crippen molar-refractivity contribution >= 4 is 5.82 Å². The van der Waals surface area contributed by atoms with Gasteiger partial charge in [0.25, 0.3) is 0 Å². The molecule has 0 aliphatic carbocycles. The first kappa shape index (κ1) is 17.2. The minimum Gasteiger partial charge on any atom is -0.357 e. The Balaban J connectivity index is 2.39. The topological polar surface area (TPSA) is 29.0 Å². The maximum absolute atomic E-state index is 4.92. The van der Waals surface area contributed by atoms with E-state index in [2.05, 4.69) is 45.6 Å². The van der Waals surface area contributed by atoms with Crippen LogP contribution in [0.2, 0.25) is 0 Å². The molecule has 3 nitrogen and oxygen atoms in total. The second kappa shape index (κ2) is 7.43. The van der Waals surface area contributed by atoms with E-state index in [-0.39, 0.29) is 5.41 Å². The highest BCUT2D eigenvalue weighted by atomic mass is 15.2. The Kier molecular flexibility index (Phi) is 5.82. The van der Waals surface area contributed by atoms with Gasteiger partial charge < -0.3 is 4.90 Å². The Morgan fingerprint density at radius 1 is 1.23 bits per heavy atom. The Morgan fingerprint density at radius 2 is 2.00 bits per heavy atom. The molecule has 0 spiro atoms. The summed E-state index contributed by atoms with van der Waals surface area (Å²) in [4.78, 5) is 12.3. The normalized spacial score (nSPS) is 18.0. The molecule has 0 radical (unpaired) electrons. The number of hydrogen-bond acceptors (Lipinski definition) is 3. The van der Waals surface area contributed by atoms with Gasteiger partial charge in [-0.2, -0.15) is 0 Å². The van der Waals surface area contributed by atoms with Gasteiger partial charge in [-0.1, -0.05) is 47.5 Å². The van der Waals surface area contributed by atoms with Crippen LogP contribution in [-0.4, -0.2) is 23.1 Å². The third-order valence-electron chi connectivity index (χ3n) is 4.63. The van der Waals surface area contributed by atoms with Crippen molar-refractivity contribution in [1.29, 1.82) is 0 Å². The van der Waals surface area contributed by atoms with Crippen molar-refractivity contribution in [3.8, 4) is 0 Å². The lowest BCUT2D eigenvalue weighted by Crippen LogP contribution is -2.27. The molecule has 0 saturated heterocycles. The van der Waals surface area contributed by atoms with Gasteiger partial charge in [0.1, 0.15) is 11.6 Å². The molecule has 0 unspecified atom stereocenters. The van der Waals surface area contributed by atoms with Crippen LogP contribution in [0.1, 0.15) is 78.2 Å². The fourth-order valence-corrected chi connectivity index (χ4v) is 3.14. The fourth-order valence-electron chi connectivity index (χ4n) is 3.14. The van der Waals surface area contributed by atoms with Crippen LogP contribution in [0.15, 0.2) is 6.07 Å². The average molecular weight is 303 g/mol. The molecule has 0 aromatic carbocycles. The van der Waals surface area contributed by atoms with E-state index >= 15 is 0 Å². The zero-order chi connectivity index (χ0) is 16.2. The first-order chi connectivity index (χ1) is 10.4. The van der Waals surface area contributed by atoms with E-state index in [0.717, 1.165) is 31.2 Å². The summed E-state index contributed by atoms with van der Waals surface area (Å²) in [5.41, 5.74) is 1.39. The van der Waals surface area contributed by atoms with Crippen molar-refractivity contribution in [3.05, 3.63) is 17.6 Å². The van der Waals surface area contributed by atoms with Crippen LogP contribution in [0, 0.1) is 5.92 Å². The highest BCUT2D eigenvalue weighted by molar-refractivity contribution is 5.42. The van der Waals surface area contributed by atoms with Crippen LogP contribution in [-0.2, 0) is 11.8 Å². The van der Waals surface area contributed by atoms with Crippen molar-refractivity contribution in [3.63, 3.8) is 0 Å². The molecule has 2 heterocycles. The molecule has 2 rings (SSSR count). The molecule has 1 aromatic rings. The van der Waals surface area contributed by atoms with Gasteiger partial charge in [0, 0.05) is 31.0 Å². The smallest absolute Gasteiger partial charge is 0.132 e. The van der Waals surface area contributed by atoms with Crippen molar-refractivity contribution in [2.45, 2.75) is 78.6 Å². The van der Waals surface area contributed by atoms with E-state index < -0.39 is 0 Å². The Bertz CT molecular complexity index is 480. The zero-order valence-corrected chi connectivity index (χ0v) is 15.2. The first-order valence-corrected chi connectivity index (χ1v) is 9.06. The highest BCUT2D eigenvalue weighted by Crippen LogP contribution is 2.32. The summed E-state index contributed by atoms with van der Waals surface area (Å²) in [7, 11) is 0. The van der Waals surface area contributed by atoms with Crippen molar-refractivity contribution < 1.29 is 0 Å². The molecule has 0 atom stereocenters. The summed E-state index contributed by atoms with van der Waals surface area (Å²) in [6.07, 6.45) is 7.19. The van der Waals surface area contributed by atoms with E-state index in [1.54, 1.807) is 0 Å². The van der Waals surface area contributed by atoms with E-state index in [1.807, 2.05) is 0 Å². The zero-order valence-electron chi connectivity index (χ0n) is 15.2. The number of rotatable bonds is 5. The van der Waals surface area contributed by atoms with Gasteiger partial charge in [-0.25, -0.2) is 9.97 Å². The molecule has 1 aliphatic rings. The molecule has 1 aliphatic heterocycles. The summed E-state index contributed by atoms with van der Waals surface area (Å²) in [5.74, 6) is 2.78. The Labute approximate surface area is 136 Å². The van der Waals surface area contributed by atoms with Crippen LogP contribution >= 0.6 is 0 Å². The number of anilines is 1. The van der Waals surface area contributed by atoms with E-state index in [4.69, 9.17) is 9.97 Å². The maximum Gasteiger partial charge on any atom is 0.132 e. The van der Waals surface area contributed by atoms with Crippen molar-refractivity contribution in [2.75, 3.05) is 18.0 Å². The molecule has 124 valence electrons. The quantitative estimate of drug-likeness (QED) is 0.786. The molecule has 1 aromatic heterocycles. The molecule has 0 N–H and O–H groups in total. The minimum absolute atomic E-state index is 0.157. The van der Waals surface area contributed by atoms with Crippen LogP contribution in [0.5, 0.6) is 0 Å². The van der Waals surface area contributed by atoms with Gasteiger partial charge in [-0.3, -0.25) is 0 Å². The van der Waals surface area contributed by atoms with E-state index in [9.17, 15) is 0 Å². The van der Waals surface area contributed by atoms with Gasteiger partial charge in [0.05, 0.1) is 5.69 Å².